The van der Waals surface area contributed by atoms with Gasteiger partial charge in [-0.15, -0.1) is 10.2 Å². The third-order valence-electron chi connectivity index (χ3n) is 4.85. The Morgan fingerprint density at radius 3 is 2.50 bits per heavy atom. The summed E-state index contributed by atoms with van der Waals surface area (Å²) >= 11 is 0. The molecule has 18 heavy (non-hydrogen) atoms. The molecule has 1 unspecified atom stereocenters. The van der Waals surface area contributed by atoms with Gasteiger partial charge in [0.1, 0.15) is 5.82 Å². The van der Waals surface area contributed by atoms with Gasteiger partial charge in [-0.25, -0.2) is 0 Å². The average Bonchev–Trinajstić information content (AvgIpc) is 3.18. The predicted molar refractivity (Wildman–Crippen MR) is 69.3 cm³/mol. The first-order valence-corrected chi connectivity index (χ1v) is 7.60. The lowest BCUT2D eigenvalue weighted by Crippen LogP contribution is -2.35. The van der Waals surface area contributed by atoms with Gasteiger partial charge in [0.2, 0.25) is 0 Å². The second-order valence-electron chi connectivity index (χ2n) is 6.17. The predicted octanol–water partition coefficient (Wildman–Crippen LogP) is 2.38. The Balaban J connectivity index is 1.64. The minimum Gasteiger partial charge on any atom is -0.312 e. The van der Waals surface area contributed by atoms with Crippen molar-refractivity contribution >= 4 is 0 Å². The molecule has 0 aromatic carbocycles. The molecule has 2 heterocycles. The maximum absolute atomic E-state index is 4.55. The maximum Gasteiger partial charge on any atom is 0.150 e. The molecule has 1 aliphatic heterocycles. The SMILES string of the molecule is C1CCC(c2nnc3n2CCNC3C2CC2)CC1. The van der Waals surface area contributed by atoms with Crippen LogP contribution in [0, 0.1) is 5.92 Å². The highest BCUT2D eigenvalue weighted by atomic mass is 15.3. The highest BCUT2D eigenvalue weighted by Gasteiger charge is 2.38. The van der Waals surface area contributed by atoms with Crippen LogP contribution in [0.4, 0.5) is 0 Å². The second-order valence-corrected chi connectivity index (χ2v) is 6.17. The molecule has 1 aromatic rings. The molecule has 4 heteroatoms. The molecule has 0 bridgehead atoms. The van der Waals surface area contributed by atoms with E-state index in [9.17, 15) is 0 Å². The topological polar surface area (TPSA) is 42.7 Å². The molecule has 2 aliphatic carbocycles. The maximum atomic E-state index is 4.55. The van der Waals surface area contributed by atoms with Crippen molar-refractivity contribution in [2.45, 2.75) is 63.5 Å². The van der Waals surface area contributed by atoms with Gasteiger partial charge in [0, 0.05) is 19.0 Å². The number of hydrogen-bond acceptors (Lipinski definition) is 3. The number of aromatic nitrogens is 3. The van der Waals surface area contributed by atoms with Crippen LogP contribution in [0.25, 0.3) is 0 Å². The number of hydrogen-bond donors (Lipinski definition) is 1. The molecule has 0 radical (unpaired) electrons. The fraction of sp³-hybridized carbons (Fsp3) is 0.857. The first-order chi connectivity index (χ1) is 8.93. The van der Waals surface area contributed by atoms with Gasteiger partial charge in [0.15, 0.2) is 5.82 Å². The van der Waals surface area contributed by atoms with Crippen LogP contribution in [0.3, 0.4) is 0 Å². The van der Waals surface area contributed by atoms with Crippen LogP contribution in [0.1, 0.15) is 68.6 Å². The summed E-state index contributed by atoms with van der Waals surface area (Å²) in [7, 11) is 0. The van der Waals surface area contributed by atoms with Gasteiger partial charge in [0.05, 0.1) is 6.04 Å². The lowest BCUT2D eigenvalue weighted by atomic mass is 9.88. The average molecular weight is 246 g/mol. The number of nitrogens with one attached hydrogen (secondary N) is 1. The summed E-state index contributed by atoms with van der Waals surface area (Å²) < 4.78 is 2.44. The molecule has 2 saturated carbocycles. The van der Waals surface area contributed by atoms with E-state index in [-0.39, 0.29) is 0 Å². The Morgan fingerprint density at radius 2 is 1.72 bits per heavy atom. The number of nitrogens with zero attached hydrogens (tertiary/aromatic N) is 3. The third kappa shape index (κ3) is 1.78. The van der Waals surface area contributed by atoms with Crippen molar-refractivity contribution in [1.82, 2.24) is 20.1 Å². The molecule has 0 amide bonds. The van der Waals surface area contributed by atoms with Crippen LogP contribution in [-0.4, -0.2) is 21.3 Å². The van der Waals surface area contributed by atoms with E-state index in [2.05, 4.69) is 20.1 Å². The molecule has 1 atom stereocenters. The van der Waals surface area contributed by atoms with Gasteiger partial charge < -0.3 is 9.88 Å². The van der Waals surface area contributed by atoms with E-state index >= 15 is 0 Å². The molecule has 2 fully saturated rings. The molecule has 3 aliphatic rings. The second kappa shape index (κ2) is 4.34. The zero-order valence-corrected chi connectivity index (χ0v) is 10.9. The first-order valence-electron chi connectivity index (χ1n) is 7.60. The Hall–Kier alpha value is -0.900. The van der Waals surface area contributed by atoms with Crippen molar-refractivity contribution in [3.63, 3.8) is 0 Å². The molecule has 4 nitrogen and oxygen atoms in total. The Labute approximate surface area is 108 Å². The Kier molecular flexibility index (Phi) is 2.64. The molecular weight excluding hydrogens is 224 g/mol. The molecule has 1 N–H and O–H groups in total. The summed E-state index contributed by atoms with van der Waals surface area (Å²) in [6, 6.07) is 0.489. The zero-order valence-electron chi connectivity index (χ0n) is 10.9. The zero-order chi connectivity index (χ0) is 11.9. The minimum atomic E-state index is 0.489. The summed E-state index contributed by atoms with van der Waals surface area (Å²) in [6.45, 7) is 2.16. The first kappa shape index (κ1) is 11.0. The molecule has 4 rings (SSSR count). The van der Waals surface area contributed by atoms with Crippen molar-refractivity contribution in [3.8, 4) is 0 Å². The Morgan fingerprint density at radius 1 is 0.944 bits per heavy atom. The highest BCUT2D eigenvalue weighted by molar-refractivity contribution is 5.11. The van der Waals surface area contributed by atoms with E-state index in [1.807, 2.05) is 0 Å². The highest BCUT2D eigenvalue weighted by Crippen LogP contribution is 2.42. The van der Waals surface area contributed by atoms with E-state index < -0.39 is 0 Å². The molecule has 0 spiro atoms. The van der Waals surface area contributed by atoms with Crippen LogP contribution in [0.5, 0.6) is 0 Å². The monoisotopic (exact) mass is 246 g/mol. The fourth-order valence-corrected chi connectivity index (χ4v) is 3.68. The smallest absolute Gasteiger partial charge is 0.150 e. The van der Waals surface area contributed by atoms with Crippen molar-refractivity contribution in [1.29, 1.82) is 0 Å². The van der Waals surface area contributed by atoms with Gasteiger partial charge in [0.25, 0.3) is 0 Å². The largest absolute Gasteiger partial charge is 0.312 e. The van der Waals surface area contributed by atoms with Crippen molar-refractivity contribution in [2.24, 2.45) is 5.92 Å². The molecule has 1 aromatic heterocycles. The number of fused-ring (bicyclic) bond motifs is 1. The summed E-state index contributed by atoms with van der Waals surface area (Å²) in [5, 5.41) is 12.7. The van der Waals surface area contributed by atoms with Crippen LogP contribution in [0.15, 0.2) is 0 Å². The lowest BCUT2D eigenvalue weighted by molar-refractivity contribution is 0.359. The van der Waals surface area contributed by atoms with E-state index in [1.165, 1.54) is 56.6 Å². The summed E-state index contributed by atoms with van der Waals surface area (Å²) in [5.74, 6) is 4.02. The van der Waals surface area contributed by atoms with Gasteiger partial charge in [-0.3, -0.25) is 0 Å². The lowest BCUT2D eigenvalue weighted by Gasteiger charge is -2.27. The van der Waals surface area contributed by atoms with E-state index in [1.54, 1.807) is 0 Å². The molecule has 0 saturated heterocycles. The Bertz CT molecular complexity index is 429. The standard InChI is InChI=1S/C14H22N4/c1-2-4-11(5-3-1)13-16-17-14-12(10-6-7-10)15-8-9-18(13)14/h10-12,15H,1-9H2. The van der Waals surface area contributed by atoms with E-state index in [0.717, 1.165) is 19.0 Å². The normalized spacial score (nSPS) is 29.2. The van der Waals surface area contributed by atoms with Crippen LogP contribution in [0.2, 0.25) is 0 Å². The third-order valence-corrected chi connectivity index (χ3v) is 4.85. The quantitative estimate of drug-likeness (QED) is 0.871. The van der Waals surface area contributed by atoms with Gasteiger partial charge in [-0.1, -0.05) is 19.3 Å². The molecular formula is C14H22N4. The summed E-state index contributed by atoms with van der Waals surface area (Å²) in [4.78, 5) is 0. The van der Waals surface area contributed by atoms with Crippen molar-refractivity contribution in [3.05, 3.63) is 11.6 Å². The van der Waals surface area contributed by atoms with Crippen molar-refractivity contribution in [2.75, 3.05) is 6.54 Å². The van der Waals surface area contributed by atoms with E-state index in [0.29, 0.717) is 12.0 Å². The van der Waals surface area contributed by atoms with Crippen molar-refractivity contribution < 1.29 is 0 Å². The van der Waals surface area contributed by atoms with Crippen LogP contribution in [-0.2, 0) is 6.54 Å². The van der Waals surface area contributed by atoms with Gasteiger partial charge in [-0.05, 0) is 31.6 Å². The van der Waals surface area contributed by atoms with E-state index in [4.69, 9.17) is 0 Å². The summed E-state index contributed by atoms with van der Waals surface area (Å²) in [6.07, 6.45) is 9.52. The van der Waals surface area contributed by atoms with Gasteiger partial charge in [-0.2, -0.15) is 0 Å². The van der Waals surface area contributed by atoms with Crippen LogP contribution < -0.4 is 5.32 Å². The number of rotatable bonds is 2. The molecule has 98 valence electrons. The minimum absolute atomic E-state index is 0.489. The van der Waals surface area contributed by atoms with Crippen LogP contribution >= 0.6 is 0 Å². The fourth-order valence-electron chi connectivity index (χ4n) is 3.68. The summed E-state index contributed by atoms with van der Waals surface area (Å²) in [5.41, 5.74) is 0. The van der Waals surface area contributed by atoms with Gasteiger partial charge >= 0.3 is 0 Å².